The lowest BCUT2D eigenvalue weighted by atomic mass is 10.1. The molecule has 1 saturated heterocycles. The lowest BCUT2D eigenvalue weighted by Gasteiger charge is -2.26. The van der Waals surface area contributed by atoms with E-state index in [4.69, 9.17) is 4.74 Å². The van der Waals surface area contributed by atoms with E-state index in [0.717, 1.165) is 42.8 Å². The summed E-state index contributed by atoms with van der Waals surface area (Å²) in [5, 5.41) is 3.77. The van der Waals surface area contributed by atoms with Crippen LogP contribution in [0.4, 0.5) is 13.2 Å². The Morgan fingerprint density at radius 1 is 0.967 bits per heavy atom. The number of aromatic nitrogens is 2. The molecule has 30 heavy (non-hydrogen) atoms. The van der Waals surface area contributed by atoms with Gasteiger partial charge in [-0.3, -0.25) is 4.90 Å². The van der Waals surface area contributed by atoms with Crippen molar-refractivity contribution in [2.45, 2.75) is 25.4 Å². The second-order valence-corrected chi connectivity index (χ2v) is 7.84. The average molecular weight is 431 g/mol. The van der Waals surface area contributed by atoms with Crippen molar-refractivity contribution in [1.29, 1.82) is 0 Å². The van der Waals surface area contributed by atoms with Gasteiger partial charge in [0.15, 0.2) is 5.69 Å². The van der Waals surface area contributed by atoms with Gasteiger partial charge in [-0.2, -0.15) is 13.2 Å². The van der Waals surface area contributed by atoms with Gasteiger partial charge in [-0.05, 0) is 56.1 Å². The van der Waals surface area contributed by atoms with Crippen molar-refractivity contribution in [3.05, 3.63) is 51.8 Å². The van der Waals surface area contributed by atoms with Crippen LogP contribution in [0.1, 0.15) is 36.1 Å². The molecule has 0 bridgehead atoms. The Labute approximate surface area is 176 Å². The van der Waals surface area contributed by atoms with Gasteiger partial charge in [0, 0.05) is 22.9 Å². The molecule has 8 heteroatoms. The van der Waals surface area contributed by atoms with E-state index in [0.29, 0.717) is 23.7 Å². The van der Waals surface area contributed by atoms with Gasteiger partial charge in [-0.15, -0.1) is 11.3 Å². The highest BCUT2D eigenvalue weighted by atomic mass is 32.1. The van der Waals surface area contributed by atoms with E-state index in [1.165, 1.54) is 42.7 Å². The second kappa shape index (κ2) is 9.02. The lowest BCUT2D eigenvalue weighted by molar-refractivity contribution is -0.137. The van der Waals surface area contributed by atoms with E-state index in [1.807, 2.05) is 10.8 Å². The number of likely N-dealkylation sites (tertiary alicyclic amines) is 1. The fraction of sp³-hybridized carbons (Fsp3) is 0.364. The number of alkyl halides is 3. The Kier molecular flexibility index (Phi) is 6.21. The number of nitrogens with zero attached hydrogens (tertiary/aromatic N) is 3. The van der Waals surface area contributed by atoms with Gasteiger partial charge in [0.2, 0.25) is 5.88 Å². The zero-order valence-electron chi connectivity index (χ0n) is 16.2. The molecule has 0 aliphatic carbocycles. The number of halogens is 3. The molecule has 1 fully saturated rings. The summed E-state index contributed by atoms with van der Waals surface area (Å²) in [6.45, 7) is 3.47. The highest BCUT2D eigenvalue weighted by Crippen LogP contribution is 2.29. The molecule has 3 aromatic rings. The molecule has 1 aromatic carbocycles. The number of hydrogen-bond acceptors (Lipinski definition) is 5. The van der Waals surface area contributed by atoms with Crippen molar-refractivity contribution in [1.82, 2.24) is 14.9 Å². The molecule has 0 saturated carbocycles. The topological polar surface area (TPSA) is 38.3 Å². The zero-order chi connectivity index (χ0) is 21.0. The maximum absolute atomic E-state index is 12.7. The summed E-state index contributed by atoms with van der Waals surface area (Å²) < 4.78 is 44.1. The summed E-state index contributed by atoms with van der Waals surface area (Å²) in [7, 11) is 0. The SMILES string of the molecule is FC(F)(F)c1ccc(C#Cc2nc3cscc3nc2OCCN2CCCCC2)cc1. The van der Waals surface area contributed by atoms with Crippen molar-refractivity contribution < 1.29 is 17.9 Å². The third kappa shape index (κ3) is 5.10. The maximum Gasteiger partial charge on any atom is 0.416 e. The van der Waals surface area contributed by atoms with E-state index in [-0.39, 0.29) is 0 Å². The van der Waals surface area contributed by atoms with Crippen molar-refractivity contribution >= 4 is 22.4 Å². The van der Waals surface area contributed by atoms with Crippen molar-refractivity contribution in [2.24, 2.45) is 0 Å². The van der Waals surface area contributed by atoms with Crippen LogP contribution in [-0.2, 0) is 6.18 Å². The molecule has 4 nitrogen and oxygen atoms in total. The van der Waals surface area contributed by atoms with Gasteiger partial charge in [-0.1, -0.05) is 12.3 Å². The first-order chi connectivity index (χ1) is 14.5. The van der Waals surface area contributed by atoms with Crippen molar-refractivity contribution in [3.8, 4) is 17.7 Å². The number of fused-ring (bicyclic) bond motifs is 1. The van der Waals surface area contributed by atoms with Crippen LogP contribution in [0.2, 0.25) is 0 Å². The molecule has 0 atom stereocenters. The summed E-state index contributed by atoms with van der Waals surface area (Å²) in [4.78, 5) is 11.4. The Bertz CT molecular complexity index is 1060. The van der Waals surface area contributed by atoms with E-state index >= 15 is 0 Å². The molecule has 0 N–H and O–H groups in total. The highest BCUT2D eigenvalue weighted by Gasteiger charge is 2.29. The largest absolute Gasteiger partial charge is 0.474 e. The van der Waals surface area contributed by atoms with Crippen LogP contribution in [0.5, 0.6) is 5.88 Å². The molecule has 2 aromatic heterocycles. The number of thiophene rings is 1. The Morgan fingerprint density at radius 2 is 1.67 bits per heavy atom. The molecular weight excluding hydrogens is 411 g/mol. The van der Waals surface area contributed by atoms with Crippen molar-refractivity contribution in [3.63, 3.8) is 0 Å². The Balaban J connectivity index is 1.52. The van der Waals surface area contributed by atoms with E-state index in [1.54, 1.807) is 0 Å². The molecule has 3 heterocycles. The minimum Gasteiger partial charge on any atom is -0.474 e. The van der Waals surface area contributed by atoms with Gasteiger partial charge in [0.25, 0.3) is 0 Å². The maximum atomic E-state index is 12.7. The van der Waals surface area contributed by atoms with Gasteiger partial charge in [0.05, 0.1) is 5.56 Å². The molecule has 1 aliphatic heterocycles. The third-order valence-electron chi connectivity index (χ3n) is 4.91. The van der Waals surface area contributed by atoms with Crippen LogP contribution in [0, 0.1) is 11.8 Å². The predicted molar refractivity (Wildman–Crippen MR) is 111 cm³/mol. The minimum atomic E-state index is -4.36. The summed E-state index contributed by atoms with van der Waals surface area (Å²) in [5.41, 5.74) is 1.62. The van der Waals surface area contributed by atoms with Crippen LogP contribution in [0.3, 0.4) is 0 Å². The summed E-state index contributed by atoms with van der Waals surface area (Å²) in [5.74, 6) is 6.15. The molecule has 0 amide bonds. The fourth-order valence-electron chi connectivity index (χ4n) is 3.29. The number of hydrogen-bond donors (Lipinski definition) is 0. The molecule has 0 spiro atoms. The van der Waals surface area contributed by atoms with Crippen molar-refractivity contribution in [2.75, 3.05) is 26.2 Å². The van der Waals surface area contributed by atoms with Gasteiger partial charge >= 0.3 is 6.18 Å². The smallest absolute Gasteiger partial charge is 0.416 e. The summed E-state index contributed by atoms with van der Waals surface area (Å²) in [6.07, 6.45) is -0.660. The Hall–Kier alpha value is -2.63. The number of ether oxygens (including phenoxy) is 1. The van der Waals surface area contributed by atoms with Crippen LogP contribution < -0.4 is 4.74 Å². The molecule has 156 valence electrons. The van der Waals surface area contributed by atoms with Crippen LogP contribution in [-0.4, -0.2) is 41.1 Å². The van der Waals surface area contributed by atoms with E-state index < -0.39 is 11.7 Å². The molecule has 0 unspecified atom stereocenters. The predicted octanol–water partition coefficient (Wildman–Crippen LogP) is 4.97. The number of rotatable bonds is 4. The number of benzene rings is 1. The molecule has 0 radical (unpaired) electrons. The standard InChI is InChI=1S/C22H20F3N3OS/c23-22(24,25)17-7-4-16(5-8-17)6-9-18-21(27-20-15-30-14-19(20)26-18)29-13-12-28-10-2-1-3-11-28/h4-5,7-8,14-15H,1-3,10-13H2. The highest BCUT2D eigenvalue weighted by molar-refractivity contribution is 7.09. The Morgan fingerprint density at radius 3 is 2.37 bits per heavy atom. The molecule has 4 rings (SSSR count). The summed E-state index contributed by atoms with van der Waals surface area (Å²) in [6, 6.07) is 4.74. The van der Waals surface area contributed by atoms with Crippen LogP contribution >= 0.6 is 11.3 Å². The van der Waals surface area contributed by atoms with E-state index in [2.05, 4.69) is 26.7 Å². The number of piperidine rings is 1. The summed E-state index contributed by atoms with van der Waals surface area (Å²) >= 11 is 1.49. The first-order valence-corrected chi connectivity index (χ1v) is 10.7. The lowest BCUT2D eigenvalue weighted by Crippen LogP contribution is -2.33. The fourth-order valence-corrected chi connectivity index (χ4v) is 3.96. The van der Waals surface area contributed by atoms with Crippen LogP contribution in [0.15, 0.2) is 35.0 Å². The molecule has 1 aliphatic rings. The normalized spacial score (nSPS) is 15.0. The van der Waals surface area contributed by atoms with Gasteiger partial charge in [0.1, 0.15) is 17.6 Å². The minimum absolute atomic E-state index is 0.359. The zero-order valence-corrected chi connectivity index (χ0v) is 17.0. The first-order valence-electron chi connectivity index (χ1n) is 9.77. The van der Waals surface area contributed by atoms with Crippen LogP contribution in [0.25, 0.3) is 11.0 Å². The average Bonchev–Trinajstić information content (AvgIpc) is 3.20. The third-order valence-corrected chi connectivity index (χ3v) is 5.63. The monoisotopic (exact) mass is 431 g/mol. The van der Waals surface area contributed by atoms with Gasteiger partial charge in [-0.25, -0.2) is 9.97 Å². The quantitative estimate of drug-likeness (QED) is 0.547. The second-order valence-electron chi connectivity index (χ2n) is 7.10. The first kappa shape index (κ1) is 20.6. The van der Waals surface area contributed by atoms with E-state index in [9.17, 15) is 13.2 Å². The van der Waals surface area contributed by atoms with Gasteiger partial charge < -0.3 is 4.74 Å². The molecular formula is C22H20F3N3OS.